The van der Waals surface area contributed by atoms with E-state index in [1.807, 2.05) is 6.92 Å². The standard InChI is InChI=1S/C11H21N3O/c1-5-10-13-11(15-14-10)7-9(8(3)4)12-6-2/h8-9,12H,5-7H2,1-4H3. The molecule has 1 unspecified atom stereocenters. The lowest BCUT2D eigenvalue weighted by Gasteiger charge is -2.19. The molecule has 4 nitrogen and oxygen atoms in total. The molecular weight excluding hydrogens is 190 g/mol. The molecular formula is C11H21N3O. The highest BCUT2D eigenvalue weighted by Gasteiger charge is 2.16. The second kappa shape index (κ2) is 5.85. The van der Waals surface area contributed by atoms with Crippen molar-refractivity contribution in [1.29, 1.82) is 0 Å². The number of hydrogen-bond acceptors (Lipinski definition) is 4. The smallest absolute Gasteiger partial charge is 0.228 e. The summed E-state index contributed by atoms with van der Waals surface area (Å²) in [6, 6.07) is 0.417. The van der Waals surface area contributed by atoms with E-state index in [1.54, 1.807) is 0 Å². The van der Waals surface area contributed by atoms with Crippen molar-refractivity contribution in [3.63, 3.8) is 0 Å². The Balaban J connectivity index is 2.57. The molecule has 0 spiro atoms. The predicted octanol–water partition coefficient (Wildman–Crippen LogP) is 1.81. The largest absolute Gasteiger partial charge is 0.339 e. The minimum atomic E-state index is 0.417. The van der Waals surface area contributed by atoms with Crippen LogP contribution in [0, 0.1) is 5.92 Å². The van der Waals surface area contributed by atoms with E-state index >= 15 is 0 Å². The third kappa shape index (κ3) is 3.63. The van der Waals surface area contributed by atoms with Crippen LogP contribution < -0.4 is 5.32 Å². The number of rotatable bonds is 6. The van der Waals surface area contributed by atoms with Crippen molar-refractivity contribution in [3.8, 4) is 0 Å². The highest BCUT2D eigenvalue weighted by Crippen LogP contribution is 2.09. The fourth-order valence-corrected chi connectivity index (χ4v) is 1.51. The number of aromatic nitrogens is 2. The summed E-state index contributed by atoms with van der Waals surface area (Å²) in [4.78, 5) is 4.32. The van der Waals surface area contributed by atoms with E-state index in [9.17, 15) is 0 Å². The molecule has 0 bridgehead atoms. The van der Waals surface area contributed by atoms with E-state index < -0.39 is 0 Å². The molecule has 0 aromatic carbocycles. The van der Waals surface area contributed by atoms with Gasteiger partial charge in [-0.3, -0.25) is 0 Å². The molecule has 1 aromatic heterocycles. The first-order chi connectivity index (χ1) is 7.17. The van der Waals surface area contributed by atoms with Crippen LogP contribution in [0.3, 0.4) is 0 Å². The van der Waals surface area contributed by atoms with Gasteiger partial charge < -0.3 is 9.84 Å². The van der Waals surface area contributed by atoms with Crippen LogP contribution in [0.2, 0.25) is 0 Å². The van der Waals surface area contributed by atoms with Gasteiger partial charge in [-0.05, 0) is 12.5 Å². The molecule has 0 radical (unpaired) electrons. The van der Waals surface area contributed by atoms with Crippen molar-refractivity contribution < 1.29 is 4.52 Å². The maximum absolute atomic E-state index is 5.18. The molecule has 0 aliphatic rings. The number of nitrogens with zero attached hydrogens (tertiary/aromatic N) is 2. The third-order valence-electron chi connectivity index (χ3n) is 2.49. The van der Waals surface area contributed by atoms with Crippen molar-refractivity contribution in [2.24, 2.45) is 5.92 Å². The minimum absolute atomic E-state index is 0.417. The molecule has 4 heteroatoms. The van der Waals surface area contributed by atoms with Crippen LogP contribution in [0.25, 0.3) is 0 Å². The third-order valence-corrected chi connectivity index (χ3v) is 2.49. The molecule has 15 heavy (non-hydrogen) atoms. The second-order valence-corrected chi connectivity index (χ2v) is 4.07. The van der Waals surface area contributed by atoms with Gasteiger partial charge in [-0.1, -0.05) is 32.9 Å². The number of aryl methyl sites for hydroxylation is 1. The SMILES string of the molecule is CCNC(Cc1nc(CC)no1)C(C)C. The van der Waals surface area contributed by atoms with Gasteiger partial charge in [0, 0.05) is 18.9 Å². The van der Waals surface area contributed by atoms with Crippen molar-refractivity contribution in [2.75, 3.05) is 6.54 Å². The van der Waals surface area contributed by atoms with Crippen LogP contribution >= 0.6 is 0 Å². The molecule has 0 aliphatic carbocycles. The summed E-state index contributed by atoms with van der Waals surface area (Å²) in [6.45, 7) is 9.51. The first-order valence-corrected chi connectivity index (χ1v) is 5.72. The zero-order chi connectivity index (χ0) is 11.3. The Kier molecular flexibility index (Phi) is 4.75. The summed E-state index contributed by atoms with van der Waals surface area (Å²) in [5.41, 5.74) is 0. The Hall–Kier alpha value is -0.900. The normalized spacial score (nSPS) is 13.4. The van der Waals surface area contributed by atoms with Gasteiger partial charge in [-0.25, -0.2) is 0 Å². The van der Waals surface area contributed by atoms with Crippen molar-refractivity contribution >= 4 is 0 Å². The van der Waals surface area contributed by atoms with Gasteiger partial charge in [0.2, 0.25) is 5.89 Å². The molecule has 1 rings (SSSR count). The Labute approximate surface area is 91.5 Å². The second-order valence-electron chi connectivity index (χ2n) is 4.07. The Bertz CT molecular complexity index is 283. The lowest BCUT2D eigenvalue weighted by atomic mass is 10.0. The lowest BCUT2D eigenvalue weighted by Crippen LogP contribution is -2.35. The quantitative estimate of drug-likeness (QED) is 0.779. The maximum Gasteiger partial charge on any atom is 0.228 e. The van der Waals surface area contributed by atoms with Crippen LogP contribution in [0.4, 0.5) is 0 Å². The van der Waals surface area contributed by atoms with Gasteiger partial charge in [0.25, 0.3) is 0 Å². The minimum Gasteiger partial charge on any atom is -0.339 e. The first kappa shape index (κ1) is 12.2. The van der Waals surface area contributed by atoms with Gasteiger partial charge in [-0.15, -0.1) is 0 Å². The van der Waals surface area contributed by atoms with E-state index in [1.165, 1.54) is 0 Å². The summed E-state index contributed by atoms with van der Waals surface area (Å²) in [5, 5.41) is 7.32. The van der Waals surface area contributed by atoms with Crippen LogP contribution in [0.15, 0.2) is 4.52 Å². The molecule has 1 heterocycles. The summed E-state index contributed by atoms with van der Waals surface area (Å²) in [6.07, 6.45) is 1.65. The number of nitrogens with one attached hydrogen (secondary N) is 1. The molecule has 1 atom stereocenters. The zero-order valence-electron chi connectivity index (χ0n) is 10.1. The lowest BCUT2D eigenvalue weighted by molar-refractivity contribution is 0.327. The van der Waals surface area contributed by atoms with E-state index in [0.717, 1.165) is 31.1 Å². The van der Waals surface area contributed by atoms with Crippen LogP contribution in [0.1, 0.15) is 39.4 Å². The first-order valence-electron chi connectivity index (χ1n) is 5.72. The molecule has 0 aliphatic heterocycles. The molecule has 1 N–H and O–H groups in total. The van der Waals surface area contributed by atoms with Gasteiger partial charge in [0.1, 0.15) is 0 Å². The van der Waals surface area contributed by atoms with Crippen LogP contribution in [-0.2, 0) is 12.8 Å². The van der Waals surface area contributed by atoms with Crippen molar-refractivity contribution in [1.82, 2.24) is 15.5 Å². The summed E-state index contributed by atoms with van der Waals surface area (Å²) >= 11 is 0. The molecule has 0 saturated carbocycles. The van der Waals surface area contributed by atoms with Gasteiger partial charge in [-0.2, -0.15) is 4.98 Å². The molecule has 0 saturated heterocycles. The van der Waals surface area contributed by atoms with Gasteiger partial charge >= 0.3 is 0 Å². The predicted molar refractivity (Wildman–Crippen MR) is 59.7 cm³/mol. The highest BCUT2D eigenvalue weighted by atomic mass is 16.5. The maximum atomic E-state index is 5.18. The van der Waals surface area contributed by atoms with E-state index in [4.69, 9.17) is 4.52 Å². The number of likely N-dealkylation sites (N-methyl/N-ethyl adjacent to an activating group) is 1. The fraction of sp³-hybridized carbons (Fsp3) is 0.818. The fourth-order valence-electron chi connectivity index (χ4n) is 1.51. The van der Waals surface area contributed by atoms with Crippen LogP contribution in [-0.4, -0.2) is 22.7 Å². The van der Waals surface area contributed by atoms with Gasteiger partial charge in [0.15, 0.2) is 5.82 Å². The summed E-state index contributed by atoms with van der Waals surface area (Å²) in [7, 11) is 0. The van der Waals surface area contributed by atoms with E-state index in [-0.39, 0.29) is 0 Å². The Morgan fingerprint density at radius 1 is 1.33 bits per heavy atom. The monoisotopic (exact) mass is 211 g/mol. The van der Waals surface area contributed by atoms with Crippen molar-refractivity contribution in [2.45, 2.75) is 46.6 Å². The average molecular weight is 211 g/mol. The summed E-state index contributed by atoms with van der Waals surface area (Å²) < 4.78 is 5.18. The number of hydrogen-bond donors (Lipinski definition) is 1. The molecule has 86 valence electrons. The molecule has 1 aromatic rings. The molecule has 0 fully saturated rings. The van der Waals surface area contributed by atoms with Gasteiger partial charge in [0.05, 0.1) is 0 Å². The van der Waals surface area contributed by atoms with Crippen molar-refractivity contribution in [3.05, 3.63) is 11.7 Å². The van der Waals surface area contributed by atoms with E-state index in [0.29, 0.717) is 12.0 Å². The Morgan fingerprint density at radius 3 is 2.53 bits per heavy atom. The summed E-state index contributed by atoms with van der Waals surface area (Å²) in [5.74, 6) is 2.11. The Morgan fingerprint density at radius 2 is 2.07 bits per heavy atom. The highest BCUT2D eigenvalue weighted by molar-refractivity contribution is 4.89. The molecule has 0 amide bonds. The average Bonchev–Trinajstić information content (AvgIpc) is 2.65. The topological polar surface area (TPSA) is 51.0 Å². The van der Waals surface area contributed by atoms with Crippen LogP contribution in [0.5, 0.6) is 0 Å². The zero-order valence-corrected chi connectivity index (χ0v) is 10.1. The van der Waals surface area contributed by atoms with E-state index in [2.05, 4.69) is 36.2 Å².